The van der Waals surface area contributed by atoms with E-state index >= 15 is 0 Å². The first-order valence-corrected chi connectivity index (χ1v) is 10.2. The molecule has 3 aliphatic rings. The third-order valence-electron chi connectivity index (χ3n) is 6.51. The zero-order chi connectivity index (χ0) is 20.3. The van der Waals surface area contributed by atoms with Crippen molar-refractivity contribution >= 4 is 11.6 Å². The van der Waals surface area contributed by atoms with Gasteiger partial charge in [-0.25, -0.2) is 0 Å². The van der Waals surface area contributed by atoms with Gasteiger partial charge in [0.15, 0.2) is 0 Å². The minimum absolute atomic E-state index is 0.0279. The highest BCUT2D eigenvalue weighted by Gasteiger charge is 2.60. The topological polar surface area (TPSA) is 56.8 Å². The molecule has 0 saturated carbocycles. The molecule has 3 aliphatic heterocycles. The maximum atomic E-state index is 13.6. The van der Waals surface area contributed by atoms with Crippen LogP contribution in [0.5, 0.6) is 17.2 Å². The Balaban J connectivity index is 1.52. The molecule has 150 valence electrons. The van der Waals surface area contributed by atoms with Gasteiger partial charge in [-0.15, -0.1) is 0 Å². The van der Waals surface area contributed by atoms with Crippen molar-refractivity contribution in [3.8, 4) is 17.2 Å². The van der Waals surface area contributed by atoms with Crippen molar-refractivity contribution in [2.24, 2.45) is 0 Å². The monoisotopic (exact) mass is 399 g/mol. The highest BCUT2D eigenvalue weighted by molar-refractivity contribution is 6.10. The van der Waals surface area contributed by atoms with E-state index in [9.17, 15) is 4.79 Å². The van der Waals surface area contributed by atoms with E-state index < -0.39 is 5.41 Å². The maximum absolute atomic E-state index is 13.6. The van der Waals surface area contributed by atoms with Crippen LogP contribution >= 0.6 is 0 Å². The predicted octanol–water partition coefficient (Wildman–Crippen LogP) is 3.87. The number of rotatable bonds is 3. The highest BCUT2D eigenvalue weighted by atomic mass is 16.5. The van der Waals surface area contributed by atoms with Crippen molar-refractivity contribution in [3.63, 3.8) is 0 Å². The van der Waals surface area contributed by atoms with Gasteiger partial charge in [0.05, 0.1) is 13.7 Å². The third-order valence-corrected chi connectivity index (χ3v) is 6.51. The second-order valence-corrected chi connectivity index (χ2v) is 8.02. The minimum atomic E-state index is -0.872. The summed E-state index contributed by atoms with van der Waals surface area (Å²) in [6.07, 6.45) is 1.10. The van der Waals surface area contributed by atoms with Crippen LogP contribution in [0.2, 0.25) is 0 Å². The van der Waals surface area contributed by atoms with Gasteiger partial charge in [0.25, 0.3) is 0 Å². The van der Waals surface area contributed by atoms with Crippen LogP contribution < -0.4 is 19.5 Å². The maximum Gasteiger partial charge on any atom is 0.243 e. The lowest BCUT2D eigenvalue weighted by atomic mass is 9.70. The summed E-state index contributed by atoms with van der Waals surface area (Å²) in [6.45, 7) is 0.670. The Morgan fingerprint density at radius 3 is 2.73 bits per heavy atom. The lowest BCUT2D eigenvalue weighted by Gasteiger charge is -2.29. The molecule has 3 heterocycles. The summed E-state index contributed by atoms with van der Waals surface area (Å²) < 4.78 is 17.5. The Bertz CT molecular complexity index is 1170. The van der Waals surface area contributed by atoms with Crippen LogP contribution in [0.1, 0.15) is 22.3 Å². The van der Waals surface area contributed by atoms with Crippen LogP contribution in [-0.4, -0.2) is 25.7 Å². The van der Waals surface area contributed by atoms with Gasteiger partial charge in [-0.3, -0.25) is 4.79 Å². The molecule has 1 N–H and O–H groups in total. The Morgan fingerprint density at radius 2 is 1.90 bits per heavy atom. The Kier molecular flexibility index (Phi) is 3.63. The van der Waals surface area contributed by atoms with E-state index in [-0.39, 0.29) is 12.0 Å². The first-order chi connectivity index (χ1) is 14.7. The number of methoxy groups -OCH3 is 1. The van der Waals surface area contributed by atoms with Crippen molar-refractivity contribution in [2.75, 3.05) is 19.0 Å². The Labute approximate surface area is 174 Å². The van der Waals surface area contributed by atoms with Gasteiger partial charge in [-0.2, -0.15) is 0 Å². The molecule has 0 saturated heterocycles. The van der Waals surface area contributed by atoms with Crippen LogP contribution in [0.3, 0.4) is 0 Å². The van der Waals surface area contributed by atoms with E-state index in [1.165, 1.54) is 0 Å². The first-order valence-electron chi connectivity index (χ1n) is 10.2. The number of benzene rings is 3. The second kappa shape index (κ2) is 6.26. The lowest BCUT2D eigenvalue weighted by Crippen LogP contribution is -2.46. The van der Waals surface area contributed by atoms with E-state index in [2.05, 4.69) is 11.4 Å². The average molecular weight is 399 g/mol. The van der Waals surface area contributed by atoms with E-state index in [0.717, 1.165) is 51.6 Å². The fraction of sp³-hybridized carbons (Fsp3) is 0.240. The number of carbonyl (C=O) groups excluding carboxylic acids is 1. The van der Waals surface area contributed by atoms with Crippen LogP contribution in [-0.2, 0) is 23.1 Å². The fourth-order valence-electron chi connectivity index (χ4n) is 5.06. The average Bonchev–Trinajstić information content (AvgIpc) is 3.43. The molecule has 3 aromatic rings. The molecular formula is C25H21NO4. The smallest absolute Gasteiger partial charge is 0.243 e. The van der Waals surface area contributed by atoms with Gasteiger partial charge in [0.1, 0.15) is 28.8 Å². The molecule has 0 fully saturated rings. The van der Waals surface area contributed by atoms with Gasteiger partial charge in [-0.05, 0) is 41.0 Å². The van der Waals surface area contributed by atoms with Crippen LogP contribution in [0.4, 0.5) is 5.69 Å². The quantitative estimate of drug-likeness (QED) is 0.726. The largest absolute Gasteiger partial charge is 0.497 e. The number of amides is 1. The molecule has 6 rings (SSSR count). The summed E-state index contributed by atoms with van der Waals surface area (Å²) in [5.74, 6) is 2.38. The van der Waals surface area contributed by atoms with Gasteiger partial charge >= 0.3 is 0 Å². The molecule has 3 aromatic carbocycles. The molecule has 0 bridgehead atoms. The van der Waals surface area contributed by atoms with Crippen molar-refractivity contribution in [1.82, 2.24) is 0 Å². The van der Waals surface area contributed by atoms with Gasteiger partial charge in [0, 0.05) is 30.2 Å². The van der Waals surface area contributed by atoms with E-state index in [1.807, 2.05) is 54.6 Å². The van der Waals surface area contributed by atoms with Crippen LogP contribution in [0, 0.1) is 0 Å². The Morgan fingerprint density at radius 1 is 1.07 bits per heavy atom. The standard InChI is InChI=1S/C25H21NO4/c1-28-17-8-6-15(7-9-17)12-23-25(18-4-2-3-5-20(18)26-24(25)27)19-13-16-10-11-29-21(16)14-22(19)30-23/h2-9,13-14,23H,10-12H2,1H3,(H,26,27). The van der Waals surface area contributed by atoms with Crippen molar-refractivity contribution < 1.29 is 19.0 Å². The summed E-state index contributed by atoms with van der Waals surface area (Å²) in [7, 11) is 1.65. The number of nitrogens with one attached hydrogen (secondary N) is 1. The van der Waals surface area contributed by atoms with Gasteiger partial charge in [0.2, 0.25) is 5.91 Å². The zero-order valence-corrected chi connectivity index (χ0v) is 16.6. The van der Waals surface area contributed by atoms with Crippen LogP contribution in [0.15, 0.2) is 60.7 Å². The predicted molar refractivity (Wildman–Crippen MR) is 113 cm³/mol. The lowest BCUT2D eigenvalue weighted by molar-refractivity contribution is -0.121. The number of hydrogen-bond donors (Lipinski definition) is 1. The summed E-state index contributed by atoms with van der Waals surface area (Å²) >= 11 is 0. The molecule has 0 aromatic heterocycles. The molecule has 2 unspecified atom stereocenters. The van der Waals surface area contributed by atoms with Crippen molar-refractivity contribution in [3.05, 3.63) is 82.9 Å². The number of ether oxygens (including phenoxy) is 3. The second-order valence-electron chi connectivity index (χ2n) is 8.02. The summed E-state index contributed by atoms with van der Waals surface area (Å²) in [5, 5.41) is 3.10. The number of para-hydroxylation sites is 1. The SMILES string of the molecule is COc1ccc(CC2Oc3cc4c(cc3C23C(=O)Nc2ccccc23)CCO4)cc1. The molecule has 0 aliphatic carbocycles. The van der Waals surface area contributed by atoms with E-state index in [1.54, 1.807) is 7.11 Å². The normalized spacial score (nSPS) is 22.7. The number of fused-ring (bicyclic) bond motifs is 5. The first kappa shape index (κ1) is 17.4. The molecule has 30 heavy (non-hydrogen) atoms. The third kappa shape index (κ3) is 2.26. The fourth-order valence-corrected chi connectivity index (χ4v) is 5.06. The van der Waals surface area contributed by atoms with Crippen molar-refractivity contribution in [1.29, 1.82) is 0 Å². The molecule has 0 radical (unpaired) electrons. The van der Waals surface area contributed by atoms with Gasteiger partial charge in [-0.1, -0.05) is 30.3 Å². The molecule has 5 nitrogen and oxygen atoms in total. The minimum Gasteiger partial charge on any atom is -0.497 e. The summed E-state index contributed by atoms with van der Waals surface area (Å²) in [6, 6.07) is 19.9. The molecule has 1 spiro atoms. The molecular weight excluding hydrogens is 378 g/mol. The number of carbonyl (C=O) groups is 1. The van der Waals surface area contributed by atoms with Gasteiger partial charge < -0.3 is 19.5 Å². The van der Waals surface area contributed by atoms with E-state index in [4.69, 9.17) is 14.2 Å². The zero-order valence-electron chi connectivity index (χ0n) is 16.6. The molecule has 1 amide bonds. The number of hydrogen-bond acceptors (Lipinski definition) is 4. The summed E-state index contributed by atoms with van der Waals surface area (Å²) in [5.41, 5.74) is 4.13. The Hall–Kier alpha value is -3.47. The number of anilines is 1. The summed E-state index contributed by atoms with van der Waals surface area (Å²) in [4.78, 5) is 13.6. The van der Waals surface area contributed by atoms with Crippen LogP contribution in [0.25, 0.3) is 0 Å². The molecule has 5 heteroatoms. The molecule has 2 atom stereocenters. The van der Waals surface area contributed by atoms with Crippen molar-refractivity contribution in [2.45, 2.75) is 24.4 Å². The van der Waals surface area contributed by atoms with E-state index in [0.29, 0.717) is 13.0 Å². The highest BCUT2D eigenvalue weighted by Crippen LogP contribution is 2.55.